The third-order valence-corrected chi connectivity index (χ3v) is 5.48. The number of carbonyl (C=O) groups is 2. The van der Waals surface area contributed by atoms with Gasteiger partial charge in [0.25, 0.3) is 5.91 Å². The van der Waals surface area contributed by atoms with E-state index in [1.165, 1.54) is 0 Å². The molecule has 1 amide bonds. The minimum atomic E-state index is -3.94. The summed E-state index contributed by atoms with van der Waals surface area (Å²) in [5.74, 6) is -3.12. The van der Waals surface area contributed by atoms with E-state index in [2.05, 4.69) is 5.32 Å². The first-order valence-electron chi connectivity index (χ1n) is 7.39. The lowest BCUT2D eigenvalue weighted by molar-refractivity contribution is -0.170. The van der Waals surface area contributed by atoms with Crippen LogP contribution in [0.25, 0.3) is 0 Å². The van der Waals surface area contributed by atoms with Crippen LogP contribution in [0.15, 0.2) is 30.3 Å². The number of benzene rings is 1. The number of amides is 1. The molecule has 1 fully saturated rings. The predicted molar refractivity (Wildman–Crippen MR) is 84.4 cm³/mol. The van der Waals surface area contributed by atoms with Gasteiger partial charge in [-0.25, -0.2) is 4.79 Å². The van der Waals surface area contributed by atoms with Crippen molar-refractivity contribution in [1.29, 1.82) is 0 Å². The summed E-state index contributed by atoms with van der Waals surface area (Å²) in [6.45, 7) is 0.477. The van der Waals surface area contributed by atoms with Gasteiger partial charge in [0.2, 0.25) is 12.1 Å². The van der Waals surface area contributed by atoms with E-state index in [1.807, 2.05) is 0 Å². The summed E-state index contributed by atoms with van der Waals surface area (Å²) in [6.07, 6.45) is 0.566. The fraction of sp³-hybridized carbons (Fsp3) is 0.467. The lowest BCUT2D eigenvalue weighted by Crippen LogP contribution is -2.43. The van der Waals surface area contributed by atoms with Gasteiger partial charge < -0.3 is 23.8 Å². The molecule has 0 bridgehead atoms. The molecule has 1 N–H and O–H groups in total. The quantitative estimate of drug-likeness (QED) is 0.588. The van der Waals surface area contributed by atoms with E-state index >= 15 is 0 Å². The Kier molecular flexibility index (Phi) is 6.51. The Morgan fingerprint density at radius 1 is 1.25 bits per heavy atom. The number of carbonyl (C=O) groups excluding carboxylic acids is 2. The van der Waals surface area contributed by atoms with Gasteiger partial charge in [-0.1, -0.05) is 18.2 Å². The highest BCUT2D eigenvalue weighted by Gasteiger charge is 2.43. The third-order valence-electron chi connectivity index (χ3n) is 3.49. The van der Waals surface area contributed by atoms with Crippen molar-refractivity contribution in [3.8, 4) is 0 Å². The van der Waals surface area contributed by atoms with E-state index in [4.69, 9.17) is 18.5 Å². The van der Waals surface area contributed by atoms with Crippen molar-refractivity contribution in [2.24, 2.45) is 0 Å². The molecule has 1 aromatic rings. The van der Waals surface area contributed by atoms with Gasteiger partial charge in [0.05, 0.1) is 6.61 Å². The highest BCUT2D eigenvalue weighted by atomic mass is 31.2. The predicted octanol–water partition coefficient (Wildman–Crippen LogP) is 1.91. The first kappa shape index (κ1) is 18.6. The van der Waals surface area contributed by atoms with Crippen molar-refractivity contribution >= 4 is 19.5 Å². The molecule has 1 heterocycles. The standard InChI is InChI=1S/C15H20NO7P/c1-20-24(19,21-2)14(15(18)23-12-9-6-10-22-12)16-13(17)11-7-4-3-5-8-11/h3-5,7-8,12,14H,6,9-10H2,1-2H3,(H,16,17). The normalized spacial score (nSPS) is 18.8. The molecule has 1 aromatic carbocycles. The van der Waals surface area contributed by atoms with Crippen LogP contribution in [0.3, 0.4) is 0 Å². The summed E-state index contributed by atoms with van der Waals surface area (Å²) in [4.78, 5) is 24.7. The van der Waals surface area contributed by atoms with E-state index in [-0.39, 0.29) is 0 Å². The zero-order valence-electron chi connectivity index (χ0n) is 13.5. The monoisotopic (exact) mass is 357 g/mol. The first-order chi connectivity index (χ1) is 11.5. The minimum absolute atomic E-state index is 0.297. The molecule has 0 aliphatic carbocycles. The molecule has 2 atom stereocenters. The van der Waals surface area contributed by atoms with Gasteiger partial charge in [0, 0.05) is 26.2 Å². The van der Waals surface area contributed by atoms with Crippen LogP contribution < -0.4 is 5.32 Å². The van der Waals surface area contributed by atoms with Gasteiger partial charge in [-0.15, -0.1) is 0 Å². The molecular weight excluding hydrogens is 337 g/mol. The van der Waals surface area contributed by atoms with Crippen molar-refractivity contribution in [2.75, 3.05) is 20.8 Å². The van der Waals surface area contributed by atoms with Crippen LogP contribution in [-0.2, 0) is 27.9 Å². The molecule has 0 aromatic heterocycles. The van der Waals surface area contributed by atoms with Crippen LogP contribution in [-0.4, -0.2) is 44.8 Å². The summed E-state index contributed by atoms with van der Waals surface area (Å²) in [7, 11) is -1.68. The van der Waals surface area contributed by atoms with Gasteiger partial charge in [-0.3, -0.25) is 9.36 Å². The SMILES string of the molecule is COP(=O)(OC)C(NC(=O)c1ccccc1)C(=O)OC1CCCO1. The average Bonchev–Trinajstić information content (AvgIpc) is 3.12. The number of esters is 1. The van der Waals surface area contributed by atoms with Crippen molar-refractivity contribution in [3.05, 3.63) is 35.9 Å². The van der Waals surface area contributed by atoms with Gasteiger partial charge >= 0.3 is 13.6 Å². The second kappa shape index (κ2) is 8.39. The molecule has 2 unspecified atom stereocenters. The Hall–Kier alpha value is -1.73. The molecule has 8 nitrogen and oxygen atoms in total. The topological polar surface area (TPSA) is 100 Å². The maximum absolute atomic E-state index is 12.6. The highest BCUT2D eigenvalue weighted by Crippen LogP contribution is 2.51. The second-order valence-electron chi connectivity index (χ2n) is 5.03. The molecule has 0 spiro atoms. The molecule has 0 saturated carbocycles. The van der Waals surface area contributed by atoms with E-state index < -0.39 is 31.5 Å². The van der Waals surface area contributed by atoms with E-state index in [9.17, 15) is 14.2 Å². The van der Waals surface area contributed by atoms with Gasteiger partial charge in [0.1, 0.15) is 0 Å². The number of ether oxygens (including phenoxy) is 2. The Morgan fingerprint density at radius 2 is 1.92 bits per heavy atom. The number of rotatable bonds is 7. The van der Waals surface area contributed by atoms with Crippen molar-refractivity contribution < 1.29 is 32.7 Å². The average molecular weight is 357 g/mol. The molecule has 1 aliphatic rings. The number of hydrogen-bond acceptors (Lipinski definition) is 7. The lowest BCUT2D eigenvalue weighted by Gasteiger charge is -2.24. The summed E-state index contributed by atoms with van der Waals surface area (Å²) >= 11 is 0. The maximum Gasteiger partial charge on any atom is 0.363 e. The van der Waals surface area contributed by atoms with Gasteiger partial charge in [-0.05, 0) is 18.6 Å². The summed E-state index contributed by atoms with van der Waals surface area (Å²) in [5.41, 5.74) is 0.297. The van der Waals surface area contributed by atoms with Crippen LogP contribution in [0, 0.1) is 0 Å². The molecule has 2 rings (SSSR count). The van der Waals surface area contributed by atoms with Crippen LogP contribution in [0.2, 0.25) is 0 Å². The minimum Gasteiger partial charge on any atom is -0.434 e. The fourth-order valence-corrected chi connectivity index (χ4v) is 3.35. The molecule has 9 heteroatoms. The molecule has 132 valence electrons. The fourth-order valence-electron chi connectivity index (χ4n) is 2.18. The molecule has 1 saturated heterocycles. The Morgan fingerprint density at radius 3 is 2.46 bits per heavy atom. The second-order valence-corrected chi connectivity index (χ2v) is 7.35. The Bertz CT molecular complexity index is 608. The highest BCUT2D eigenvalue weighted by molar-refractivity contribution is 7.55. The van der Waals surface area contributed by atoms with Gasteiger partial charge in [-0.2, -0.15) is 0 Å². The number of nitrogens with one attached hydrogen (secondary N) is 1. The van der Waals surface area contributed by atoms with Crippen LogP contribution >= 0.6 is 7.60 Å². The van der Waals surface area contributed by atoms with Crippen molar-refractivity contribution in [2.45, 2.75) is 24.9 Å². The molecular formula is C15H20NO7P. The Balaban J connectivity index is 2.17. The summed E-state index contributed by atoms with van der Waals surface area (Å²) < 4.78 is 32.7. The zero-order chi connectivity index (χ0) is 17.6. The van der Waals surface area contributed by atoms with Crippen LogP contribution in [0.5, 0.6) is 0 Å². The first-order valence-corrected chi connectivity index (χ1v) is 9.00. The van der Waals surface area contributed by atoms with Crippen molar-refractivity contribution in [1.82, 2.24) is 5.32 Å². The molecule has 1 aliphatic heterocycles. The van der Waals surface area contributed by atoms with Crippen molar-refractivity contribution in [3.63, 3.8) is 0 Å². The van der Waals surface area contributed by atoms with E-state index in [1.54, 1.807) is 30.3 Å². The van der Waals surface area contributed by atoms with E-state index in [0.717, 1.165) is 20.6 Å². The zero-order valence-corrected chi connectivity index (χ0v) is 14.4. The summed E-state index contributed by atoms with van der Waals surface area (Å²) in [5, 5.41) is 2.37. The largest absolute Gasteiger partial charge is 0.434 e. The maximum atomic E-state index is 12.6. The van der Waals surface area contributed by atoms with Crippen LogP contribution in [0.4, 0.5) is 0 Å². The van der Waals surface area contributed by atoms with E-state index in [0.29, 0.717) is 18.6 Å². The Labute approximate surface area is 140 Å². The molecule has 24 heavy (non-hydrogen) atoms. The summed E-state index contributed by atoms with van der Waals surface area (Å²) in [6, 6.07) is 8.20. The lowest BCUT2D eigenvalue weighted by atomic mass is 10.2. The van der Waals surface area contributed by atoms with Gasteiger partial charge in [0.15, 0.2) is 0 Å². The number of hydrogen-bond donors (Lipinski definition) is 1. The van der Waals surface area contributed by atoms with Crippen LogP contribution in [0.1, 0.15) is 23.2 Å². The molecule has 0 radical (unpaired) electrons. The smallest absolute Gasteiger partial charge is 0.363 e. The third kappa shape index (κ3) is 4.42.